The van der Waals surface area contributed by atoms with Gasteiger partial charge in [-0.3, -0.25) is 0 Å². The molecule has 1 nitrogen and oxygen atoms in total. The van der Waals surface area contributed by atoms with Crippen molar-refractivity contribution in [3.63, 3.8) is 0 Å². The third-order valence-corrected chi connectivity index (χ3v) is 3.89. The topological polar surface area (TPSA) is 9.23 Å². The maximum atomic E-state index is 13.1. The highest BCUT2D eigenvalue weighted by Crippen LogP contribution is 2.37. The first-order valence-corrected chi connectivity index (χ1v) is 6.58. The molecule has 0 spiro atoms. The molecular formula is C14H18ClFO. The fourth-order valence-electron chi connectivity index (χ4n) is 2.73. The smallest absolute Gasteiger partial charge is 0.141 e. The summed E-state index contributed by atoms with van der Waals surface area (Å²) in [7, 11) is 1.72. The largest absolute Gasteiger partial charge is 0.376 e. The van der Waals surface area contributed by atoms with Crippen LogP contribution in [0.3, 0.4) is 0 Å². The molecule has 1 aliphatic rings. The van der Waals surface area contributed by atoms with Crippen molar-refractivity contribution in [2.45, 2.75) is 38.2 Å². The van der Waals surface area contributed by atoms with E-state index in [1.54, 1.807) is 19.2 Å². The fourth-order valence-corrected chi connectivity index (χ4v) is 2.92. The van der Waals surface area contributed by atoms with E-state index in [1.807, 2.05) is 0 Å². The molecule has 1 saturated carbocycles. The number of methoxy groups -OCH3 is 1. The summed E-state index contributed by atoms with van der Waals surface area (Å²) in [5.74, 6) is 0.171. The molecule has 17 heavy (non-hydrogen) atoms. The standard InChI is InChI=1S/C14H18ClFO/c1-17-14(10-5-3-2-4-6-10)11-7-8-13(16)12(15)9-11/h7-10,14H,2-6H2,1H3. The first kappa shape index (κ1) is 12.8. The van der Waals surface area contributed by atoms with Crippen LogP contribution in [0.25, 0.3) is 0 Å². The van der Waals surface area contributed by atoms with Crippen molar-refractivity contribution in [1.29, 1.82) is 0 Å². The fraction of sp³-hybridized carbons (Fsp3) is 0.571. The van der Waals surface area contributed by atoms with Crippen LogP contribution in [0, 0.1) is 11.7 Å². The second-order valence-corrected chi connectivity index (χ2v) is 5.14. The Labute approximate surface area is 107 Å². The van der Waals surface area contributed by atoms with Crippen LogP contribution in [0.1, 0.15) is 43.8 Å². The molecule has 0 bridgehead atoms. The summed E-state index contributed by atoms with van der Waals surface area (Å²) in [5, 5.41) is 0.181. The summed E-state index contributed by atoms with van der Waals surface area (Å²) >= 11 is 5.82. The van der Waals surface area contributed by atoms with Crippen LogP contribution in [-0.2, 0) is 4.74 Å². The Bertz CT molecular complexity index is 374. The lowest BCUT2D eigenvalue weighted by Crippen LogP contribution is -2.18. The van der Waals surface area contributed by atoms with Gasteiger partial charge in [0.05, 0.1) is 11.1 Å². The van der Waals surface area contributed by atoms with Crippen LogP contribution in [-0.4, -0.2) is 7.11 Å². The maximum Gasteiger partial charge on any atom is 0.141 e. The van der Waals surface area contributed by atoms with Crippen molar-refractivity contribution in [2.24, 2.45) is 5.92 Å². The molecule has 1 fully saturated rings. The van der Waals surface area contributed by atoms with E-state index >= 15 is 0 Å². The van der Waals surface area contributed by atoms with Crippen molar-refractivity contribution in [2.75, 3.05) is 7.11 Å². The van der Waals surface area contributed by atoms with Gasteiger partial charge in [0.1, 0.15) is 5.82 Å². The molecule has 0 N–H and O–H groups in total. The van der Waals surface area contributed by atoms with Gasteiger partial charge >= 0.3 is 0 Å². The maximum absolute atomic E-state index is 13.1. The van der Waals surface area contributed by atoms with E-state index in [2.05, 4.69) is 0 Å². The molecule has 0 saturated heterocycles. The van der Waals surface area contributed by atoms with Gasteiger partial charge in [0.2, 0.25) is 0 Å². The third kappa shape index (κ3) is 2.99. The van der Waals surface area contributed by atoms with E-state index in [1.165, 1.54) is 38.2 Å². The molecule has 1 aliphatic carbocycles. The first-order valence-electron chi connectivity index (χ1n) is 6.20. The van der Waals surface area contributed by atoms with Gasteiger partial charge in [0, 0.05) is 7.11 Å². The van der Waals surface area contributed by atoms with Gasteiger partial charge in [-0.25, -0.2) is 4.39 Å². The Morgan fingerprint density at radius 2 is 2.00 bits per heavy atom. The van der Waals surface area contributed by atoms with Crippen LogP contribution in [0.5, 0.6) is 0 Å². The predicted molar refractivity (Wildman–Crippen MR) is 67.7 cm³/mol. The first-order chi connectivity index (χ1) is 8.22. The molecule has 1 atom stereocenters. The summed E-state index contributed by atoms with van der Waals surface area (Å²) in [6, 6.07) is 4.90. The molecule has 0 heterocycles. The lowest BCUT2D eigenvalue weighted by atomic mass is 9.82. The molecule has 0 aromatic heterocycles. The summed E-state index contributed by atoms with van der Waals surface area (Å²) in [6.45, 7) is 0. The van der Waals surface area contributed by atoms with E-state index in [9.17, 15) is 4.39 Å². The van der Waals surface area contributed by atoms with Gasteiger partial charge in [-0.05, 0) is 36.5 Å². The highest BCUT2D eigenvalue weighted by molar-refractivity contribution is 6.30. The van der Waals surface area contributed by atoms with Crippen molar-refractivity contribution in [1.82, 2.24) is 0 Å². The lowest BCUT2D eigenvalue weighted by Gasteiger charge is -2.29. The molecule has 1 aromatic rings. The van der Waals surface area contributed by atoms with Crippen molar-refractivity contribution < 1.29 is 9.13 Å². The molecule has 94 valence electrons. The quantitative estimate of drug-likeness (QED) is 0.759. The zero-order valence-electron chi connectivity index (χ0n) is 10.1. The number of halogens is 2. The van der Waals surface area contributed by atoms with Crippen LogP contribution < -0.4 is 0 Å². The zero-order chi connectivity index (χ0) is 12.3. The average Bonchev–Trinajstić information content (AvgIpc) is 2.36. The van der Waals surface area contributed by atoms with Crippen molar-refractivity contribution in [3.05, 3.63) is 34.6 Å². The average molecular weight is 257 g/mol. The normalized spacial score (nSPS) is 19.2. The third-order valence-electron chi connectivity index (χ3n) is 3.60. The Kier molecular flexibility index (Phi) is 4.41. The summed E-state index contributed by atoms with van der Waals surface area (Å²) in [4.78, 5) is 0. The highest BCUT2D eigenvalue weighted by Gasteiger charge is 2.25. The molecule has 0 aliphatic heterocycles. The monoisotopic (exact) mass is 256 g/mol. The molecule has 2 rings (SSSR count). The summed E-state index contributed by atoms with van der Waals surface area (Å²) in [5.41, 5.74) is 0.991. The number of ether oxygens (including phenoxy) is 1. The van der Waals surface area contributed by atoms with Crippen LogP contribution in [0.2, 0.25) is 5.02 Å². The van der Waals surface area contributed by atoms with Crippen molar-refractivity contribution in [3.8, 4) is 0 Å². The predicted octanol–water partition coefficient (Wildman–Crippen LogP) is 4.75. The molecule has 1 unspecified atom stereocenters. The minimum atomic E-state index is -0.367. The van der Waals surface area contributed by atoms with E-state index in [4.69, 9.17) is 16.3 Å². The minimum Gasteiger partial charge on any atom is -0.376 e. The Morgan fingerprint density at radius 1 is 1.29 bits per heavy atom. The Hall–Kier alpha value is -0.600. The van der Waals surface area contributed by atoms with E-state index in [0.717, 1.165) is 5.56 Å². The number of hydrogen-bond donors (Lipinski definition) is 0. The SMILES string of the molecule is COC(c1ccc(F)c(Cl)c1)C1CCCCC1. The Morgan fingerprint density at radius 3 is 2.59 bits per heavy atom. The number of benzene rings is 1. The van der Waals surface area contributed by atoms with Gasteiger partial charge in [-0.1, -0.05) is 36.9 Å². The summed E-state index contributed by atoms with van der Waals surface area (Å²) in [6.07, 6.45) is 6.27. The van der Waals surface area contributed by atoms with Gasteiger partial charge < -0.3 is 4.74 Å². The molecule has 0 amide bonds. The van der Waals surface area contributed by atoms with Crippen molar-refractivity contribution >= 4 is 11.6 Å². The number of rotatable bonds is 3. The molecule has 0 radical (unpaired) electrons. The van der Waals surface area contributed by atoms with Gasteiger partial charge in [-0.15, -0.1) is 0 Å². The van der Waals surface area contributed by atoms with E-state index < -0.39 is 0 Å². The zero-order valence-corrected chi connectivity index (χ0v) is 10.8. The molecule has 3 heteroatoms. The summed E-state index contributed by atoms with van der Waals surface area (Å²) < 4.78 is 18.7. The lowest BCUT2D eigenvalue weighted by molar-refractivity contribution is 0.0354. The molecular weight excluding hydrogens is 239 g/mol. The Balaban J connectivity index is 2.18. The highest BCUT2D eigenvalue weighted by atomic mass is 35.5. The second-order valence-electron chi connectivity index (χ2n) is 4.73. The minimum absolute atomic E-state index is 0.0494. The number of hydrogen-bond acceptors (Lipinski definition) is 1. The van der Waals surface area contributed by atoms with Crippen LogP contribution in [0.15, 0.2) is 18.2 Å². The second kappa shape index (κ2) is 5.83. The van der Waals surface area contributed by atoms with E-state index in [0.29, 0.717) is 5.92 Å². The molecule has 1 aromatic carbocycles. The van der Waals surface area contributed by atoms with Gasteiger partial charge in [-0.2, -0.15) is 0 Å². The van der Waals surface area contributed by atoms with Crippen LogP contribution in [0.4, 0.5) is 4.39 Å². The van der Waals surface area contributed by atoms with Gasteiger partial charge in [0.25, 0.3) is 0 Å². The van der Waals surface area contributed by atoms with Crippen LogP contribution >= 0.6 is 11.6 Å². The van der Waals surface area contributed by atoms with E-state index in [-0.39, 0.29) is 16.9 Å². The van der Waals surface area contributed by atoms with Gasteiger partial charge in [0.15, 0.2) is 0 Å².